The number of hydrogen-bond donors (Lipinski definition) is 1. The molecule has 2 aromatic carbocycles. The lowest BCUT2D eigenvalue weighted by Gasteiger charge is -2.09. The third-order valence-corrected chi connectivity index (χ3v) is 5.02. The summed E-state index contributed by atoms with van der Waals surface area (Å²) < 4.78 is 7.46. The monoisotopic (exact) mass is 371 g/mol. The number of aryl methyl sites for hydroxylation is 1. The van der Waals surface area contributed by atoms with E-state index in [1.54, 1.807) is 30.3 Å². The van der Waals surface area contributed by atoms with Crippen LogP contribution >= 0.6 is 0 Å². The van der Waals surface area contributed by atoms with Crippen molar-refractivity contribution in [3.05, 3.63) is 82.6 Å². The zero-order valence-corrected chi connectivity index (χ0v) is 15.0. The van der Waals surface area contributed by atoms with E-state index in [0.29, 0.717) is 16.7 Å². The van der Waals surface area contributed by atoms with Crippen LogP contribution in [0, 0.1) is 0 Å². The van der Waals surface area contributed by atoms with Crippen LogP contribution in [0.5, 0.6) is 0 Å². The van der Waals surface area contributed by atoms with Gasteiger partial charge in [-0.25, -0.2) is 9.78 Å². The van der Waals surface area contributed by atoms with Crippen molar-refractivity contribution >= 4 is 22.6 Å². The lowest BCUT2D eigenvalue weighted by molar-refractivity contribution is 0.102. The van der Waals surface area contributed by atoms with Crippen molar-refractivity contribution in [2.75, 3.05) is 5.32 Å². The summed E-state index contributed by atoms with van der Waals surface area (Å²) in [5.41, 5.74) is 2.41. The number of rotatable bonds is 3. The summed E-state index contributed by atoms with van der Waals surface area (Å²) in [7, 11) is 0. The number of anilines is 1. The summed E-state index contributed by atoms with van der Waals surface area (Å²) in [6, 6.07) is 16.2. The zero-order chi connectivity index (χ0) is 19.1. The third kappa shape index (κ3) is 2.79. The molecule has 4 aromatic rings. The van der Waals surface area contributed by atoms with Crippen LogP contribution in [0.15, 0.2) is 70.0 Å². The number of nitrogens with zero attached hydrogens (tertiary/aromatic N) is 2. The summed E-state index contributed by atoms with van der Waals surface area (Å²) in [4.78, 5) is 29.4. The molecule has 6 nitrogen and oxygen atoms in total. The van der Waals surface area contributed by atoms with Crippen LogP contribution in [-0.4, -0.2) is 15.5 Å². The number of imidazole rings is 1. The second-order valence-electron chi connectivity index (χ2n) is 6.84. The number of fused-ring (bicyclic) bond motifs is 2. The van der Waals surface area contributed by atoms with Gasteiger partial charge in [-0.1, -0.05) is 30.3 Å². The molecule has 1 amide bonds. The van der Waals surface area contributed by atoms with Crippen molar-refractivity contribution in [2.24, 2.45) is 0 Å². The van der Waals surface area contributed by atoms with E-state index < -0.39 is 11.5 Å². The van der Waals surface area contributed by atoms with E-state index in [1.807, 2.05) is 30.5 Å². The van der Waals surface area contributed by atoms with Gasteiger partial charge in [0.15, 0.2) is 0 Å². The predicted molar refractivity (Wildman–Crippen MR) is 106 cm³/mol. The molecule has 6 heteroatoms. The van der Waals surface area contributed by atoms with Crippen molar-refractivity contribution in [2.45, 2.75) is 19.4 Å². The molecule has 0 saturated carbocycles. The molecule has 0 spiro atoms. The van der Waals surface area contributed by atoms with E-state index >= 15 is 0 Å². The van der Waals surface area contributed by atoms with Gasteiger partial charge in [-0.2, -0.15) is 0 Å². The quantitative estimate of drug-likeness (QED) is 0.555. The fourth-order valence-electron chi connectivity index (χ4n) is 3.66. The molecule has 0 bridgehead atoms. The first-order valence-corrected chi connectivity index (χ1v) is 9.18. The molecule has 0 atom stereocenters. The Morgan fingerprint density at radius 1 is 1.11 bits per heavy atom. The Balaban J connectivity index is 1.46. The average Bonchev–Trinajstić information content (AvgIpc) is 3.31. The van der Waals surface area contributed by atoms with Gasteiger partial charge in [-0.3, -0.25) is 4.79 Å². The number of carbonyl (C=O) groups is 1. The fraction of sp³-hybridized carbons (Fsp3) is 0.136. The first-order valence-electron chi connectivity index (χ1n) is 9.18. The van der Waals surface area contributed by atoms with Crippen LogP contribution < -0.4 is 10.9 Å². The molecule has 0 unspecified atom stereocenters. The number of benzene rings is 2. The highest BCUT2D eigenvalue weighted by molar-refractivity contribution is 6.05. The molecule has 2 aromatic heterocycles. The van der Waals surface area contributed by atoms with E-state index in [0.717, 1.165) is 36.5 Å². The molecule has 1 aliphatic rings. The maximum Gasteiger partial charge on any atom is 0.349 e. The van der Waals surface area contributed by atoms with Gasteiger partial charge >= 0.3 is 5.63 Å². The maximum atomic E-state index is 12.7. The number of aromatic nitrogens is 2. The Bertz CT molecular complexity index is 1270. The molecular weight excluding hydrogens is 354 g/mol. The second-order valence-corrected chi connectivity index (χ2v) is 6.84. The molecule has 0 fully saturated rings. The van der Waals surface area contributed by atoms with Gasteiger partial charge in [0.05, 0.1) is 11.9 Å². The Morgan fingerprint density at radius 2 is 2.00 bits per heavy atom. The van der Waals surface area contributed by atoms with Gasteiger partial charge < -0.3 is 14.3 Å². The SMILES string of the molecule is O=C(Nc1cccc(-c2cnc3n2CCC3)c1)c1cc2ccccc2oc1=O. The second kappa shape index (κ2) is 6.49. The van der Waals surface area contributed by atoms with Crippen molar-refractivity contribution in [3.63, 3.8) is 0 Å². The molecule has 0 radical (unpaired) electrons. The van der Waals surface area contributed by atoms with Crippen LogP contribution in [0.2, 0.25) is 0 Å². The van der Waals surface area contributed by atoms with Gasteiger partial charge in [0.1, 0.15) is 17.0 Å². The third-order valence-electron chi connectivity index (χ3n) is 5.02. The summed E-state index contributed by atoms with van der Waals surface area (Å²) in [5, 5.41) is 3.51. The van der Waals surface area contributed by atoms with Crippen LogP contribution in [0.3, 0.4) is 0 Å². The summed E-state index contributed by atoms with van der Waals surface area (Å²) >= 11 is 0. The molecule has 1 N–H and O–H groups in total. The van der Waals surface area contributed by atoms with Gasteiger partial charge in [-0.15, -0.1) is 0 Å². The van der Waals surface area contributed by atoms with E-state index in [4.69, 9.17) is 4.42 Å². The van der Waals surface area contributed by atoms with Crippen molar-refractivity contribution in [1.29, 1.82) is 0 Å². The van der Waals surface area contributed by atoms with Gasteiger partial charge in [0.2, 0.25) is 0 Å². The summed E-state index contributed by atoms with van der Waals surface area (Å²) in [6.07, 6.45) is 3.96. The summed E-state index contributed by atoms with van der Waals surface area (Å²) in [6.45, 7) is 0.958. The van der Waals surface area contributed by atoms with Crippen molar-refractivity contribution in [3.8, 4) is 11.3 Å². The smallest absolute Gasteiger partial charge is 0.349 e. The summed E-state index contributed by atoms with van der Waals surface area (Å²) in [5.74, 6) is 0.605. The Hall–Kier alpha value is -3.67. The zero-order valence-electron chi connectivity index (χ0n) is 15.0. The van der Waals surface area contributed by atoms with E-state index in [-0.39, 0.29) is 5.56 Å². The molecule has 5 rings (SSSR count). The number of nitrogens with one attached hydrogen (secondary N) is 1. The molecular formula is C22H17N3O3. The number of para-hydroxylation sites is 1. The molecule has 28 heavy (non-hydrogen) atoms. The lowest BCUT2D eigenvalue weighted by Crippen LogP contribution is -2.20. The van der Waals surface area contributed by atoms with Crippen LogP contribution in [0.25, 0.3) is 22.2 Å². The van der Waals surface area contributed by atoms with E-state index in [1.165, 1.54) is 0 Å². The molecule has 138 valence electrons. The molecule has 0 saturated heterocycles. The largest absolute Gasteiger partial charge is 0.422 e. The van der Waals surface area contributed by atoms with Crippen LogP contribution in [0.4, 0.5) is 5.69 Å². The minimum atomic E-state index is -0.652. The minimum Gasteiger partial charge on any atom is -0.422 e. The van der Waals surface area contributed by atoms with Crippen LogP contribution in [0.1, 0.15) is 22.6 Å². The number of amides is 1. The van der Waals surface area contributed by atoms with Gasteiger partial charge in [0.25, 0.3) is 5.91 Å². The van der Waals surface area contributed by atoms with Crippen molar-refractivity contribution in [1.82, 2.24) is 9.55 Å². The predicted octanol–water partition coefficient (Wildman–Crippen LogP) is 3.86. The Labute approximate surface area is 160 Å². The topological polar surface area (TPSA) is 77.1 Å². The first kappa shape index (κ1) is 16.5. The van der Waals surface area contributed by atoms with Crippen molar-refractivity contribution < 1.29 is 9.21 Å². The number of hydrogen-bond acceptors (Lipinski definition) is 4. The Morgan fingerprint density at radius 3 is 2.93 bits per heavy atom. The standard InChI is InChI=1S/C22H17N3O3/c26-21(17-12-15-5-1-2-8-19(15)28-22(17)27)24-16-7-3-6-14(11-16)18-13-23-20-9-4-10-25(18)20/h1-3,5-8,11-13H,4,9-10H2,(H,24,26). The highest BCUT2D eigenvalue weighted by Crippen LogP contribution is 2.27. The van der Waals surface area contributed by atoms with Crippen LogP contribution in [-0.2, 0) is 13.0 Å². The lowest BCUT2D eigenvalue weighted by atomic mass is 10.1. The molecule has 0 aliphatic carbocycles. The average molecular weight is 371 g/mol. The normalized spacial score (nSPS) is 12.9. The fourth-order valence-corrected chi connectivity index (χ4v) is 3.66. The Kier molecular flexibility index (Phi) is 3.83. The number of carbonyl (C=O) groups excluding carboxylic acids is 1. The minimum absolute atomic E-state index is 0.0191. The van der Waals surface area contributed by atoms with Gasteiger partial charge in [0, 0.05) is 29.6 Å². The highest BCUT2D eigenvalue weighted by Gasteiger charge is 2.18. The van der Waals surface area contributed by atoms with Gasteiger partial charge in [-0.05, 0) is 30.7 Å². The maximum absolute atomic E-state index is 12.7. The van der Waals surface area contributed by atoms with E-state index in [9.17, 15) is 9.59 Å². The first-order chi connectivity index (χ1) is 13.7. The van der Waals surface area contributed by atoms with E-state index in [2.05, 4.69) is 14.9 Å². The molecule has 1 aliphatic heterocycles. The highest BCUT2D eigenvalue weighted by atomic mass is 16.4. The molecule has 3 heterocycles.